The van der Waals surface area contributed by atoms with Crippen LogP contribution in [0.15, 0.2) is 23.7 Å². The van der Waals surface area contributed by atoms with Crippen LogP contribution in [0.5, 0.6) is 0 Å². The lowest BCUT2D eigenvalue weighted by molar-refractivity contribution is -0.143. The zero-order valence-corrected chi connectivity index (χ0v) is 9.32. The summed E-state index contributed by atoms with van der Waals surface area (Å²) in [6, 6.07) is 0. The van der Waals surface area contributed by atoms with Crippen LogP contribution in [0.3, 0.4) is 0 Å². The van der Waals surface area contributed by atoms with Crippen LogP contribution < -0.4 is 0 Å². The zero-order valence-electron chi connectivity index (χ0n) is 9.32. The average Bonchev–Trinajstić information content (AvgIpc) is 2.28. The van der Waals surface area contributed by atoms with Crippen molar-refractivity contribution in [2.75, 3.05) is 14.2 Å². The van der Waals surface area contributed by atoms with E-state index in [0.29, 0.717) is 17.9 Å². The van der Waals surface area contributed by atoms with Crippen molar-refractivity contribution in [3.63, 3.8) is 0 Å². The Morgan fingerprint density at radius 3 is 2.31 bits per heavy atom. The fraction of sp³-hybridized carbons (Fsp3) is 0.417. The van der Waals surface area contributed by atoms with E-state index in [9.17, 15) is 9.90 Å². The summed E-state index contributed by atoms with van der Waals surface area (Å²) in [4.78, 5) is 11.3. The van der Waals surface area contributed by atoms with Gasteiger partial charge in [0.05, 0.1) is 20.6 Å². The highest BCUT2D eigenvalue weighted by atomic mass is 16.5. The van der Waals surface area contributed by atoms with Gasteiger partial charge in [0.15, 0.2) is 0 Å². The molecule has 0 radical (unpaired) electrons. The Bertz CT molecular complexity index is 364. The number of rotatable bonds is 4. The Labute approximate surface area is 94.6 Å². The second-order valence-corrected chi connectivity index (χ2v) is 3.53. The summed E-state index contributed by atoms with van der Waals surface area (Å²) in [5.74, 6) is 2.47. The summed E-state index contributed by atoms with van der Waals surface area (Å²) in [5, 5.41) is 9.25. The van der Waals surface area contributed by atoms with Gasteiger partial charge in [-0.25, -0.2) is 0 Å². The molecule has 0 aromatic heterocycles. The van der Waals surface area contributed by atoms with Crippen LogP contribution in [0.4, 0.5) is 0 Å². The highest BCUT2D eigenvalue weighted by Crippen LogP contribution is 2.35. The fourth-order valence-electron chi connectivity index (χ4n) is 1.62. The maximum Gasteiger partial charge on any atom is 0.318 e. The van der Waals surface area contributed by atoms with Gasteiger partial charge in [0, 0.05) is 6.42 Å². The molecule has 4 heteroatoms. The van der Waals surface area contributed by atoms with Crippen molar-refractivity contribution in [1.82, 2.24) is 0 Å². The Morgan fingerprint density at radius 2 is 2.00 bits per heavy atom. The van der Waals surface area contributed by atoms with E-state index in [1.165, 1.54) is 26.4 Å². The molecule has 16 heavy (non-hydrogen) atoms. The number of terminal acetylenes is 1. The van der Waals surface area contributed by atoms with E-state index in [1.807, 2.05) is 0 Å². The Kier molecular flexibility index (Phi) is 3.62. The average molecular weight is 222 g/mol. The zero-order chi connectivity index (χ0) is 12.2. The minimum Gasteiger partial charge on any atom is -0.501 e. The van der Waals surface area contributed by atoms with Gasteiger partial charge in [0.2, 0.25) is 0 Å². The molecule has 1 aliphatic rings. The van der Waals surface area contributed by atoms with E-state index in [4.69, 9.17) is 15.9 Å². The van der Waals surface area contributed by atoms with Gasteiger partial charge in [0.1, 0.15) is 16.9 Å². The van der Waals surface area contributed by atoms with Crippen LogP contribution >= 0.6 is 0 Å². The summed E-state index contributed by atoms with van der Waals surface area (Å²) in [6.07, 6.45) is 8.80. The van der Waals surface area contributed by atoms with Crippen molar-refractivity contribution in [1.29, 1.82) is 0 Å². The molecule has 4 nitrogen and oxygen atoms in total. The van der Waals surface area contributed by atoms with Gasteiger partial charge < -0.3 is 14.6 Å². The summed E-state index contributed by atoms with van der Waals surface area (Å²) in [5.41, 5.74) is -1.22. The van der Waals surface area contributed by atoms with Crippen LogP contribution in [0, 0.1) is 17.8 Å². The molecule has 0 unspecified atom stereocenters. The van der Waals surface area contributed by atoms with Gasteiger partial charge in [-0.3, -0.25) is 4.79 Å². The lowest BCUT2D eigenvalue weighted by atomic mass is 9.80. The number of carboxylic acid groups (broad SMARTS) is 1. The smallest absolute Gasteiger partial charge is 0.318 e. The molecule has 0 aromatic rings. The molecule has 0 aliphatic heterocycles. The molecule has 1 N–H and O–H groups in total. The van der Waals surface area contributed by atoms with Gasteiger partial charge in [-0.2, -0.15) is 0 Å². The number of methoxy groups -OCH3 is 2. The first-order valence-corrected chi connectivity index (χ1v) is 4.76. The number of carboxylic acids is 1. The predicted octanol–water partition coefficient (Wildman–Crippen LogP) is 1.54. The van der Waals surface area contributed by atoms with Crippen LogP contribution in [0.2, 0.25) is 0 Å². The number of hydrogen-bond acceptors (Lipinski definition) is 3. The quantitative estimate of drug-likeness (QED) is 0.733. The first kappa shape index (κ1) is 12.2. The lowest BCUT2D eigenvalue weighted by Gasteiger charge is -2.26. The highest BCUT2D eigenvalue weighted by molar-refractivity contribution is 5.80. The van der Waals surface area contributed by atoms with E-state index in [1.54, 1.807) is 0 Å². The maximum absolute atomic E-state index is 11.3. The molecular formula is C12H14O4. The van der Waals surface area contributed by atoms with E-state index in [-0.39, 0.29) is 6.42 Å². The number of aliphatic carboxylic acids is 1. The van der Waals surface area contributed by atoms with Gasteiger partial charge in [-0.05, 0) is 12.2 Å². The van der Waals surface area contributed by atoms with Crippen molar-refractivity contribution in [3.8, 4) is 12.3 Å². The standard InChI is InChI=1S/C12H14O4/c1-4-5-12(11(13)14)7-9(15-2)6-10(8-12)16-3/h1,7-8H,5-6H2,2-3H3,(H,13,14). The molecular weight excluding hydrogens is 208 g/mol. The van der Waals surface area contributed by atoms with Crippen LogP contribution in [-0.4, -0.2) is 25.3 Å². The normalized spacial score (nSPS) is 17.8. The minimum atomic E-state index is -1.22. The Hall–Kier alpha value is -1.89. The van der Waals surface area contributed by atoms with Crippen molar-refractivity contribution in [3.05, 3.63) is 23.7 Å². The highest BCUT2D eigenvalue weighted by Gasteiger charge is 2.38. The van der Waals surface area contributed by atoms with Crippen molar-refractivity contribution in [2.24, 2.45) is 5.41 Å². The monoisotopic (exact) mass is 222 g/mol. The van der Waals surface area contributed by atoms with E-state index < -0.39 is 11.4 Å². The van der Waals surface area contributed by atoms with Crippen LogP contribution in [-0.2, 0) is 14.3 Å². The Morgan fingerprint density at radius 1 is 1.50 bits per heavy atom. The molecule has 0 fully saturated rings. The molecule has 0 saturated heterocycles. The number of ether oxygens (including phenoxy) is 2. The second-order valence-electron chi connectivity index (χ2n) is 3.53. The molecule has 0 bridgehead atoms. The second kappa shape index (κ2) is 4.75. The third kappa shape index (κ3) is 2.19. The topological polar surface area (TPSA) is 55.8 Å². The predicted molar refractivity (Wildman–Crippen MR) is 58.3 cm³/mol. The number of carbonyl (C=O) groups is 1. The summed E-state index contributed by atoms with van der Waals surface area (Å²) in [7, 11) is 2.99. The van der Waals surface area contributed by atoms with Gasteiger partial charge in [-0.1, -0.05) is 0 Å². The molecule has 0 atom stereocenters. The van der Waals surface area contributed by atoms with Gasteiger partial charge >= 0.3 is 5.97 Å². The molecule has 0 saturated carbocycles. The summed E-state index contributed by atoms with van der Waals surface area (Å²) < 4.78 is 10.2. The molecule has 1 aliphatic carbocycles. The molecule has 0 amide bonds. The van der Waals surface area contributed by atoms with Crippen molar-refractivity contribution in [2.45, 2.75) is 12.8 Å². The number of hydrogen-bond donors (Lipinski definition) is 1. The minimum absolute atomic E-state index is 0.0715. The van der Waals surface area contributed by atoms with Crippen LogP contribution in [0.25, 0.3) is 0 Å². The van der Waals surface area contributed by atoms with E-state index in [0.717, 1.165) is 0 Å². The third-order valence-corrected chi connectivity index (χ3v) is 2.50. The Balaban J connectivity index is 3.19. The molecule has 0 aromatic carbocycles. The molecule has 0 spiro atoms. The van der Waals surface area contributed by atoms with Gasteiger partial charge in [0.25, 0.3) is 0 Å². The van der Waals surface area contributed by atoms with Crippen molar-refractivity contribution < 1.29 is 19.4 Å². The maximum atomic E-state index is 11.3. The SMILES string of the molecule is C#CCC1(C(=O)O)C=C(OC)CC(OC)=C1. The first-order valence-electron chi connectivity index (χ1n) is 4.76. The summed E-state index contributed by atoms with van der Waals surface area (Å²) in [6.45, 7) is 0. The largest absolute Gasteiger partial charge is 0.501 e. The van der Waals surface area contributed by atoms with Crippen molar-refractivity contribution >= 4 is 5.97 Å². The van der Waals surface area contributed by atoms with Crippen LogP contribution in [0.1, 0.15) is 12.8 Å². The van der Waals surface area contributed by atoms with E-state index >= 15 is 0 Å². The third-order valence-electron chi connectivity index (χ3n) is 2.50. The first-order chi connectivity index (χ1) is 7.57. The molecule has 0 heterocycles. The van der Waals surface area contributed by atoms with E-state index in [2.05, 4.69) is 5.92 Å². The lowest BCUT2D eigenvalue weighted by Crippen LogP contribution is -2.29. The molecule has 1 rings (SSSR count). The van der Waals surface area contributed by atoms with Gasteiger partial charge in [-0.15, -0.1) is 12.3 Å². The molecule has 86 valence electrons. The summed E-state index contributed by atoms with van der Waals surface area (Å²) >= 11 is 0. The fourth-order valence-corrected chi connectivity index (χ4v) is 1.62.